The Morgan fingerprint density at radius 2 is 1.78 bits per heavy atom. The van der Waals surface area contributed by atoms with Crippen molar-refractivity contribution in [1.29, 1.82) is 0 Å². The molecule has 3 aromatic rings. The first kappa shape index (κ1) is 20.2. The van der Waals surface area contributed by atoms with Crippen LogP contribution in [0.15, 0.2) is 84.3 Å². The number of rotatable bonds is 3. The minimum atomic E-state index is -0.299. The van der Waals surface area contributed by atoms with Gasteiger partial charge in [-0.2, -0.15) is 0 Å². The highest BCUT2D eigenvalue weighted by molar-refractivity contribution is 6.10. The summed E-state index contributed by atoms with van der Waals surface area (Å²) in [5.74, 6) is 0.107. The first-order chi connectivity index (χ1) is 15.4. The predicted molar refractivity (Wildman–Crippen MR) is 126 cm³/mol. The third-order valence-corrected chi connectivity index (χ3v) is 6.13. The van der Waals surface area contributed by atoms with E-state index < -0.39 is 0 Å². The summed E-state index contributed by atoms with van der Waals surface area (Å²) in [4.78, 5) is 30.6. The van der Waals surface area contributed by atoms with E-state index in [1.165, 1.54) is 0 Å². The molecule has 160 valence electrons. The molecule has 0 spiro atoms. The Kier molecular flexibility index (Phi) is 4.89. The van der Waals surface area contributed by atoms with E-state index in [0.29, 0.717) is 17.5 Å². The van der Waals surface area contributed by atoms with Gasteiger partial charge in [0, 0.05) is 41.2 Å². The van der Waals surface area contributed by atoms with Crippen molar-refractivity contribution in [2.45, 2.75) is 32.7 Å². The SMILES string of the molecule is CC1(C)CC(=O)C2=C(C1)Nc1cc(C(=O)c3ccccc3)ccc1NC2c1cccnc1. The summed E-state index contributed by atoms with van der Waals surface area (Å²) >= 11 is 0. The fourth-order valence-corrected chi connectivity index (χ4v) is 4.64. The van der Waals surface area contributed by atoms with Gasteiger partial charge >= 0.3 is 0 Å². The van der Waals surface area contributed by atoms with Crippen molar-refractivity contribution in [3.05, 3.63) is 101 Å². The number of aromatic nitrogens is 1. The Hall–Kier alpha value is -3.73. The zero-order valence-electron chi connectivity index (χ0n) is 18.2. The maximum atomic E-state index is 13.3. The Morgan fingerprint density at radius 3 is 2.53 bits per heavy atom. The standard InChI is InChI=1S/C27H25N3O2/c1-27(2)14-22-24(23(31)15-27)25(19-9-6-12-28-16-19)30-20-11-10-18(13-21(20)29-22)26(32)17-7-4-3-5-8-17/h3-13,16,25,29-30H,14-15H2,1-2H3. The molecule has 0 amide bonds. The van der Waals surface area contributed by atoms with Gasteiger partial charge in [0.25, 0.3) is 0 Å². The average Bonchev–Trinajstić information content (AvgIpc) is 2.95. The number of ketones is 2. The van der Waals surface area contributed by atoms with Crippen LogP contribution >= 0.6 is 0 Å². The molecule has 1 aromatic heterocycles. The predicted octanol–water partition coefficient (Wildman–Crippen LogP) is 5.53. The summed E-state index contributed by atoms with van der Waals surface area (Å²) in [6.45, 7) is 4.23. The van der Waals surface area contributed by atoms with Crippen LogP contribution in [0.2, 0.25) is 0 Å². The van der Waals surface area contributed by atoms with Crippen molar-refractivity contribution >= 4 is 22.9 Å². The van der Waals surface area contributed by atoms with Crippen LogP contribution in [0.1, 0.15) is 54.2 Å². The second-order valence-electron chi connectivity index (χ2n) is 9.28. The van der Waals surface area contributed by atoms with Gasteiger partial charge in [-0.1, -0.05) is 50.2 Å². The highest BCUT2D eigenvalue weighted by atomic mass is 16.1. The van der Waals surface area contributed by atoms with E-state index in [2.05, 4.69) is 29.5 Å². The van der Waals surface area contributed by atoms with Crippen LogP contribution < -0.4 is 10.6 Å². The Bertz CT molecular complexity index is 1230. The molecule has 0 bridgehead atoms. The maximum absolute atomic E-state index is 13.3. The monoisotopic (exact) mass is 423 g/mol. The van der Waals surface area contributed by atoms with Crippen LogP contribution in [0.4, 0.5) is 11.4 Å². The van der Waals surface area contributed by atoms with E-state index >= 15 is 0 Å². The van der Waals surface area contributed by atoms with Crippen molar-refractivity contribution in [3.8, 4) is 0 Å². The van der Waals surface area contributed by atoms with Gasteiger partial charge in [-0.15, -0.1) is 0 Å². The topological polar surface area (TPSA) is 71.1 Å². The number of anilines is 2. The molecule has 0 saturated carbocycles. The number of benzene rings is 2. The summed E-state index contributed by atoms with van der Waals surface area (Å²) in [6.07, 6.45) is 4.78. The van der Waals surface area contributed by atoms with Crippen molar-refractivity contribution in [3.63, 3.8) is 0 Å². The molecule has 2 aromatic carbocycles. The number of Topliss-reactive ketones (excluding diaryl/α,β-unsaturated/α-hetero) is 1. The lowest BCUT2D eigenvalue weighted by Gasteiger charge is -2.34. The molecule has 2 N–H and O–H groups in total. The first-order valence-electron chi connectivity index (χ1n) is 10.8. The molecular weight excluding hydrogens is 398 g/mol. The normalized spacial score (nSPS) is 19.2. The molecule has 2 heterocycles. The fraction of sp³-hybridized carbons (Fsp3) is 0.222. The number of fused-ring (bicyclic) bond motifs is 1. The van der Waals surface area contributed by atoms with Gasteiger partial charge in [-0.05, 0) is 41.7 Å². The van der Waals surface area contributed by atoms with Gasteiger partial charge in [0.05, 0.1) is 17.4 Å². The summed E-state index contributed by atoms with van der Waals surface area (Å²) in [5.41, 5.74) is 5.38. The number of nitrogens with one attached hydrogen (secondary N) is 2. The number of carbonyl (C=O) groups is 2. The molecule has 0 saturated heterocycles. The van der Waals surface area contributed by atoms with Gasteiger partial charge in [0.15, 0.2) is 11.6 Å². The van der Waals surface area contributed by atoms with Gasteiger partial charge in [0.2, 0.25) is 0 Å². The van der Waals surface area contributed by atoms with E-state index in [9.17, 15) is 9.59 Å². The number of nitrogens with zero attached hydrogens (tertiary/aromatic N) is 1. The zero-order valence-corrected chi connectivity index (χ0v) is 18.2. The molecule has 32 heavy (non-hydrogen) atoms. The third kappa shape index (κ3) is 3.71. The van der Waals surface area contributed by atoms with Crippen LogP contribution in [-0.2, 0) is 4.79 Å². The molecule has 1 aliphatic heterocycles. The van der Waals surface area contributed by atoms with Crippen molar-refractivity contribution in [2.75, 3.05) is 10.6 Å². The second kappa shape index (κ2) is 7.75. The Labute approximate surface area is 187 Å². The van der Waals surface area contributed by atoms with E-state index in [1.807, 2.05) is 60.7 Å². The lowest BCUT2D eigenvalue weighted by molar-refractivity contribution is -0.118. The minimum Gasteiger partial charge on any atom is -0.372 e. The average molecular weight is 424 g/mol. The van der Waals surface area contributed by atoms with Crippen molar-refractivity contribution in [1.82, 2.24) is 4.98 Å². The number of hydrogen-bond donors (Lipinski definition) is 2. The van der Waals surface area contributed by atoms with Crippen LogP contribution in [0.3, 0.4) is 0 Å². The highest BCUT2D eigenvalue weighted by Gasteiger charge is 2.38. The lowest BCUT2D eigenvalue weighted by Crippen LogP contribution is -2.31. The summed E-state index contributed by atoms with van der Waals surface area (Å²) in [5, 5.41) is 7.06. The highest BCUT2D eigenvalue weighted by Crippen LogP contribution is 2.45. The quantitative estimate of drug-likeness (QED) is 0.542. The molecular formula is C27H25N3O2. The van der Waals surface area contributed by atoms with E-state index in [0.717, 1.165) is 34.6 Å². The molecule has 1 aliphatic carbocycles. The Morgan fingerprint density at radius 1 is 0.969 bits per heavy atom. The van der Waals surface area contributed by atoms with Crippen molar-refractivity contribution < 1.29 is 9.59 Å². The van der Waals surface area contributed by atoms with Crippen molar-refractivity contribution in [2.24, 2.45) is 5.41 Å². The smallest absolute Gasteiger partial charge is 0.193 e. The van der Waals surface area contributed by atoms with Gasteiger partial charge in [-0.25, -0.2) is 0 Å². The minimum absolute atomic E-state index is 0.0301. The molecule has 2 aliphatic rings. The molecule has 1 atom stereocenters. The second-order valence-corrected chi connectivity index (χ2v) is 9.28. The Balaban J connectivity index is 1.61. The van der Waals surface area contributed by atoms with Crippen LogP contribution in [-0.4, -0.2) is 16.6 Å². The van der Waals surface area contributed by atoms with Gasteiger partial charge < -0.3 is 10.6 Å². The molecule has 1 unspecified atom stereocenters. The fourth-order valence-electron chi connectivity index (χ4n) is 4.64. The zero-order chi connectivity index (χ0) is 22.3. The van der Waals surface area contributed by atoms with E-state index in [-0.39, 0.29) is 23.0 Å². The maximum Gasteiger partial charge on any atom is 0.193 e. The molecule has 0 fully saturated rings. The third-order valence-electron chi connectivity index (χ3n) is 6.13. The molecule has 0 radical (unpaired) electrons. The molecule has 5 heteroatoms. The largest absolute Gasteiger partial charge is 0.372 e. The first-order valence-corrected chi connectivity index (χ1v) is 10.8. The summed E-state index contributed by atoms with van der Waals surface area (Å²) < 4.78 is 0. The summed E-state index contributed by atoms with van der Waals surface area (Å²) in [7, 11) is 0. The van der Waals surface area contributed by atoms with Gasteiger partial charge in [0.1, 0.15) is 0 Å². The summed E-state index contributed by atoms with van der Waals surface area (Å²) in [6, 6.07) is 18.5. The van der Waals surface area contributed by atoms with Crippen LogP contribution in [0, 0.1) is 5.41 Å². The van der Waals surface area contributed by atoms with Gasteiger partial charge in [-0.3, -0.25) is 14.6 Å². The van der Waals surface area contributed by atoms with Crippen LogP contribution in [0.25, 0.3) is 0 Å². The van der Waals surface area contributed by atoms with E-state index in [1.54, 1.807) is 12.4 Å². The van der Waals surface area contributed by atoms with E-state index in [4.69, 9.17) is 0 Å². The molecule has 5 rings (SSSR count). The lowest BCUT2D eigenvalue weighted by atomic mass is 9.73. The number of hydrogen-bond acceptors (Lipinski definition) is 5. The molecule has 5 nitrogen and oxygen atoms in total. The van der Waals surface area contributed by atoms with Crippen LogP contribution in [0.5, 0.6) is 0 Å². The number of pyridine rings is 1. The number of carbonyl (C=O) groups excluding carboxylic acids is 2. The number of allylic oxidation sites excluding steroid dienone is 1.